The van der Waals surface area contributed by atoms with Crippen LogP contribution in [-0.4, -0.2) is 14.8 Å². The summed E-state index contributed by atoms with van der Waals surface area (Å²) in [4.78, 5) is 0. The normalized spacial score (nSPS) is 12.2. The van der Waals surface area contributed by atoms with Gasteiger partial charge < -0.3 is 4.42 Å². The fourth-order valence-electron chi connectivity index (χ4n) is 2.83. The number of hydrogen-bond acceptors (Lipinski definition) is 4. The molecular formula is C21H18FN3OS. The van der Waals surface area contributed by atoms with Crippen molar-refractivity contribution in [2.45, 2.75) is 23.9 Å². The van der Waals surface area contributed by atoms with Gasteiger partial charge in [0.2, 0.25) is 5.82 Å². The van der Waals surface area contributed by atoms with E-state index in [2.05, 4.69) is 33.8 Å². The van der Waals surface area contributed by atoms with Crippen LogP contribution >= 0.6 is 11.8 Å². The molecule has 1 unspecified atom stereocenters. The van der Waals surface area contributed by atoms with Crippen molar-refractivity contribution in [2.75, 3.05) is 0 Å². The standard InChI is InChI=1S/C21H18FN3OS/c1-15(17-9-11-18(22)12-10-17)27-21-24-23-20(19-8-5-13-26-19)25(21)14-16-6-3-2-4-7-16/h2-13,15H,14H2,1H3. The molecule has 27 heavy (non-hydrogen) atoms. The highest BCUT2D eigenvalue weighted by Gasteiger charge is 2.19. The average Bonchev–Trinajstić information content (AvgIpc) is 3.34. The molecule has 6 heteroatoms. The van der Waals surface area contributed by atoms with Gasteiger partial charge in [-0.05, 0) is 42.3 Å². The number of nitrogens with zero attached hydrogens (tertiary/aromatic N) is 3. The van der Waals surface area contributed by atoms with Gasteiger partial charge in [0.25, 0.3) is 0 Å². The van der Waals surface area contributed by atoms with Crippen molar-refractivity contribution in [3.05, 3.63) is 89.9 Å². The monoisotopic (exact) mass is 379 g/mol. The van der Waals surface area contributed by atoms with Crippen molar-refractivity contribution in [3.63, 3.8) is 0 Å². The van der Waals surface area contributed by atoms with Crippen LogP contribution in [0.5, 0.6) is 0 Å². The Morgan fingerprint density at radius 2 is 1.78 bits per heavy atom. The topological polar surface area (TPSA) is 43.9 Å². The van der Waals surface area contributed by atoms with Crippen LogP contribution in [-0.2, 0) is 6.54 Å². The smallest absolute Gasteiger partial charge is 0.200 e. The van der Waals surface area contributed by atoms with E-state index in [1.54, 1.807) is 30.2 Å². The lowest BCUT2D eigenvalue weighted by molar-refractivity contribution is 0.569. The van der Waals surface area contributed by atoms with Crippen LogP contribution in [0.1, 0.15) is 23.3 Å². The average molecular weight is 379 g/mol. The van der Waals surface area contributed by atoms with Gasteiger partial charge in [0.05, 0.1) is 12.8 Å². The fraction of sp³-hybridized carbons (Fsp3) is 0.143. The number of halogens is 1. The van der Waals surface area contributed by atoms with Gasteiger partial charge in [-0.25, -0.2) is 4.39 Å². The summed E-state index contributed by atoms with van der Waals surface area (Å²) in [6.07, 6.45) is 1.63. The molecule has 0 saturated heterocycles. The van der Waals surface area contributed by atoms with Gasteiger partial charge in [-0.15, -0.1) is 10.2 Å². The quantitative estimate of drug-likeness (QED) is 0.410. The lowest BCUT2D eigenvalue weighted by Gasteiger charge is -2.13. The molecule has 0 fully saturated rings. The number of hydrogen-bond donors (Lipinski definition) is 0. The Balaban J connectivity index is 1.66. The Morgan fingerprint density at radius 1 is 1.00 bits per heavy atom. The first-order valence-electron chi connectivity index (χ1n) is 8.64. The molecule has 0 bridgehead atoms. The van der Waals surface area contributed by atoms with Gasteiger partial charge in [0, 0.05) is 5.25 Å². The summed E-state index contributed by atoms with van der Waals surface area (Å²) in [7, 11) is 0. The molecule has 2 aromatic carbocycles. The second kappa shape index (κ2) is 7.80. The SMILES string of the molecule is CC(Sc1nnc(-c2ccco2)n1Cc1ccccc1)c1ccc(F)cc1. The van der Waals surface area contributed by atoms with Crippen LogP contribution in [0.4, 0.5) is 4.39 Å². The van der Waals surface area contributed by atoms with Gasteiger partial charge >= 0.3 is 0 Å². The maximum Gasteiger partial charge on any atom is 0.200 e. The molecule has 0 amide bonds. The van der Waals surface area contributed by atoms with E-state index in [1.807, 2.05) is 30.3 Å². The van der Waals surface area contributed by atoms with Crippen LogP contribution in [0.25, 0.3) is 11.6 Å². The summed E-state index contributed by atoms with van der Waals surface area (Å²) in [6.45, 7) is 2.72. The third-order valence-electron chi connectivity index (χ3n) is 4.26. The zero-order valence-electron chi connectivity index (χ0n) is 14.7. The zero-order valence-corrected chi connectivity index (χ0v) is 15.6. The molecule has 0 aliphatic heterocycles. The summed E-state index contributed by atoms with van der Waals surface area (Å²) >= 11 is 1.59. The van der Waals surface area contributed by atoms with E-state index in [0.29, 0.717) is 18.1 Å². The minimum Gasteiger partial charge on any atom is -0.461 e. The Labute approximate surface area is 161 Å². The van der Waals surface area contributed by atoms with E-state index in [1.165, 1.54) is 12.1 Å². The lowest BCUT2D eigenvalue weighted by Crippen LogP contribution is -2.04. The summed E-state index contributed by atoms with van der Waals surface area (Å²) in [5.41, 5.74) is 2.19. The van der Waals surface area contributed by atoms with Crippen LogP contribution in [0.15, 0.2) is 82.6 Å². The number of benzene rings is 2. The lowest BCUT2D eigenvalue weighted by atomic mass is 10.2. The van der Waals surface area contributed by atoms with E-state index >= 15 is 0 Å². The number of thioether (sulfide) groups is 1. The highest BCUT2D eigenvalue weighted by atomic mass is 32.2. The van der Waals surface area contributed by atoms with Gasteiger partial charge in [0.15, 0.2) is 10.9 Å². The number of furan rings is 1. The third kappa shape index (κ3) is 3.95. The van der Waals surface area contributed by atoms with Crippen LogP contribution in [0, 0.1) is 5.82 Å². The first kappa shape index (κ1) is 17.5. The molecule has 0 spiro atoms. The molecular weight excluding hydrogens is 361 g/mol. The van der Waals surface area contributed by atoms with E-state index in [-0.39, 0.29) is 11.1 Å². The van der Waals surface area contributed by atoms with E-state index < -0.39 is 0 Å². The van der Waals surface area contributed by atoms with Crippen molar-refractivity contribution < 1.29 is 8.81 Å². The third-order valence-corrected chi connectivity index (χ3v) is 5.40. The molecule has 0 aliphatic carbocycles. The molecule has 0 saturated carbocycles. The molecule has 4 rings (SSSR count). The molecule has 4 aromatic rings. The molecule has 4 nitrogen and oxygen atoms in total. The first-order valence-corrected chi connectivity index (χ1v) is 9.52. The minimum atomic E-state index is -0.233. The van der Waals surface area contributed by atoms with Crippen LogP contribution in [0.2, 0.25) is 0 Å². The van der Waals surface area contributed by atoms with Crippen molar-refractivity contribution in [2.24, 2.45) is 0 Å². The van der Waals surface area contributed by atoms with Crippen molar-refractivity contribution >= 4 is 11.8 Å². The predicted molar refractivity (Wildman–Crippen MR) is 104 cm³/mol. The van der Waals surface area contributed by atoms with Crippen molar-refractivity contribution in [1.82, 2.24) is 14.8 Å². The number of aromatic nitrogens is 3. The maximum atomic E-state index is 13.2. The van der Waals surface area contributed by atoms with Gasteiger partial charge in [0.1, 0.15) is 5.82 Å². The van der Waals surface area contributed by atoms with Gasteiger partial charge in [-0.1, -0.05) is 54.2 Å². The fourth-order valence-corrected chi connectivity index (χ4v) is 3.81. The van der Waals surface area contributed by atoms with E-state index in [0.717, 1.165) is 16.3 Å². The highest BCUT2D eigenvalue weighted by Crippen LogP contribution is 2.35. The highest BCUT2D eigenvalue weighted by molar-refractivity contribution is 7.99. The van der Waals surface area contributed by atoms with Crippen LogP contribution < -0.4 is 0 Å². The van der Waals surface area contributed by atoms with Crippen LogP contribution in [0.3, 0.4) is 0 Å². The van der Waals surface area contributed by atoms with E-state index in [9.17, 15) is 4.39 Å². The van der Waals surface area contributed by atoms with Gasteiger partial charge in [-0.2, -0.15) is 0 Å². The summed E-state index contributed by atoms with van der Waals surface area (Å²) < 4.78 is 20.8. The Kier molecular flexibility index (Phi) is 5.07. The second-order valence-corrected chi connectivity index (χ2v) is 7.47. The zero-order chi connectivity index (χ0) is 18.6. The molecule has 2 heterocycles. The Bertz CT molecular complexity index is 998. The first-order chi connectivity index (χ1) is 13.2. The maximum absolute atomic E-state index is 13.2. The minimum absolute atomic E-state index is 0.105. The summed E-state index contributed by atoms with van der Waals surface area (Å²) in [5.74, 6) is 1.14. The molecule has 1 atom stereocenters. The summed E-state index contributed by atoms with van der Waals surface area (Å²) in [6, 6.07) is 20.5. The largest absolute Gasteiger partial charge is 0.461 e. The number of rotatable bonds is 6. The summed E-state index contributed by atoms with van der Waals surface area (Å²) in [5, 5.41) is 9.65. The molecule has 136 valence electrons. The predicted octanol–water partition coefficient (Wildman–Crippen LogP) is 5.58. The molecule has 2 aromatic heterocycles. The van der Waals surface area contributed by atoms with E-state index in [4.69, 9.17) is 4.42 Å². The van der Waals surface area contributed by atoms with Crippen molar-refractivity contribution in [1.29, 1.82) is 0 Å². The Morgan fingerprint density at radius 3 is 2.48 bits per heavy atom. The molecule has 0 N–H and O–H groups in total. The molecule has 0 radical (unpaired) electrons. The van der Waals surface area contributed by atoms with Gasteiger partial charge in [-0.3, -0.25) is 4.57 Å². The van der Waals surface area contributed by atoms with Crippen molar-refractivity contribution in [3.8, 4) is 11.6 Å². The Hall–Kier alpha value is -2.86. The molecule has 0 aliphatic rings. The second-order valence-electron chi connectivity index (χ2n) is 6.17.